The fourth-order valence-electron chi connectivity index (χ4n) is 4.33. The summed E-state index contributed by atoms with van der Waals surface area (Å²) in [7, 11) is 3.09. The average molecular weight is 529 g/mol. The molecule has 38 heavy (non-hydrogen) atoms. The van der Waals surface area contributed by atoms with E-state index in [-0.39, 0.29) is 24.3 Å². The molecular formula is C32H48O6. The SMILES string of the molecule is CCCCC/C=C\C[C@H]1OC(C)(C)O[C@H]1[C@H](/C=C\C/C=C\CCCC(=O)OC)OCc1ccc(OC)cc1. The Balaban J connectivity index is 2.03. The Kier molecular flexibility index (Phi) is 15.0. The van der Waals surface area contributed by atoms with Crippen molar-refractivity contribution >= 4 is 5.97 Å². The molecule has 3 atom stereocenters. The minimum absolute atomic E-state index is 0.0909. The van der Waals surface area contributed by atoms with E-state index >= 15 is 0 Å². The van der Waals surface area contributed by atoms with Crippen molar-refractivity contribution in [2.45, 2.75) is 109 Å². The van der Waals surface area contributed by atoms with Gasteiger partial charge >= 0.3 is 5.97 Å². The molecule has 2 rings (SSSR count). The number of benzene rings is 1. The molecule has 1 fully saturated rings. The van der Waals surface area contributed by atoms with E-state index in [1.165, 1.54) is 26.4 Å². The van der Waals surface area contributed by atoms with E-state index in [4.69, 9.17) is 18.9 Å². The van der Waals surface area contributed by atoms with Gasteiger partial charge in [-0.05, 0) is 70.1 Å². The van der Waals surface area contributed by atoms with Crippen molar-refractivity contribution in [3.8, 4) is 5.75 Å². The molecule has 6 heteroatoms. The lowest BCUT2D eigenvalue weighted by Crippen LogP contribution is -2.36. The molecule has 0 aromatic heterocycles. The van der Waals surface area contributed by atoms with Crippen molar-refractivity contribution < 1.29 is 28.5 Å². The molecule has 1 aliphatic rings. The molecule has 0 N–H and O–H groups in total. The summed E-state index contributed by atoms with van der Waals surface area (Å²) in [5, 5.41) is 0. The number of unbranched alkanes of at least 4 members (excludes halogenated alkanes) is 4. The normalized spacial score (nSPS) is 20.0. The van der Waals surface area contributed by atoms with Crippen LogP contribution in [0.2, 0.25) is 0 Å². The van der Waals surface area contributed by atoms with Crippen molar-refractivity contribution in [1.82, 2.24) is 0 Å². The minimum Gasteiger partial charge on any atom is -0.497 e. The predicted molar refractivity (Wildman–Crippen MR) is 152 cm³/mol. The molecule has 0 spiro atoms. The summed E-state index contributed by atoms with van der Waals surface area (Å²) in [4.78, 5) is 11.2. The lowest BCUT2D eigenvalue weighted by atomic mass is 10.0. The van der Waals surface area contributed by atoms with E-state index in [0.29, 0.717) is 13.0 Å². The van der Waals surface area contributed by atoms with Crippen LogP contribution in [0.3, 0.4) is 0 Å². The van der Waals surface area contributed by atoms with Crippen molar-refractivity contribution in [2.24, 2.45) is 0 Å². The smallest absolute Gasteiger partial charge is 0.305 e. The summed E-state index contributed by atoms with van der Waals surface area (Å²) in [5.74, 6) is -0.00799. The van der Waals surface area contributed by atoms with Gasteiger partial charge in [0.2, 0.25) is 0 Å². The van der Waals surface area contributed by atoms with Crippen LogP contribution in [0.25, 0.3) is 0 Å². The van der Waals surface area contributed by atoms with Gasteiger partial charge in [-0.15, -0.1) is 0 Å². The summed E-state index contributed by atoms with van der Waals surface area (Å²) in [5.41, 5.74) is 1.07. The second kappa shape index (κ2) is 18.0. The topological polar surface area (TPSA) is 63.2 Å². The van der Waals surface area contributed by atoms with E-state index in [2.05, 4.69) is 48.1 Å². The van der Waals surface area contributed by atoms with Gasteiger partial charge in [-0.2, -0.15) is 0 Å². The van der Waals surface area contributed by atoms with Gasteiger partial charge in [-0.25, -0.2) is 0 Å². The molecule has 0 saturated carbocycles. The maximum Gasteiger partial charge on any atom is 0.305 e. The fraction of sp³-hybridized carbons (Fsp3) is 0.594. The van der Waals surface area contributed by atoms with Crippen LogP contribution in [-0.4, -0.2) is 44.3 Å². The molecule has 1 aliphatic heterocycles. The zero-order valence-corrected chi connectivity index (χ0v) is 24.0. The second-order valence-electron chi connectivity index (χ2n) is 10.1. The molecule has 0 unspecified atom stereocenters. The predicted octanol–water partition coefficient (Wildman–Crippen LogP) is 7.47. The van der Waals surface area contributed by atoms with E-state index in [9.17, 15) is 4.79 Å². The first-order valence-corrected chi connectivity index (χ1v) is 14.0. The van der Waals surface area contributed by atoms with Crippen LogP contribution in [0.5, 0.6) is 5.75 Å². The van der Waals surface area contributed by atoms with Crippen LogP contribution in [0.4, 0.5) is 0 Å². The second-order valence-corrected chi connectivity index (χ2v) is 10.1. The molecule has 1 aromatic carbocycles. The van der Waals surface area contributed by atoms with Gasteiger partial charge in [0, 0.05) is 6.42 Å². The highest BCUT2D eigenvalue weighted by Gasteiger charge is 2.44. The number of carbonyl (C=O) groups is 1. The van der Waals surface area contributed by atoms with Crippen LogP contribution >= 0.6 is 0 Å². The fourth-order valence-corrected chi connectivity index (χ4v) is 4.33. The number of carbonyl (C=O) groups excluding carboxylic acids is 1. The summed E-state index contributed by atoms with van der Waals surface area (Å²) in [6.45, 7) is 6.61. The first-order chi connectivity index (χ1) is 18.4. The number of methoxy groups -OCH3 is 2. The van der Waals surface area contributed by atoms with E-state index in [0.717, 1.165) is 43.4 Å². The molecule has 1 saturated heterocycles. The Bertz CT molecular complexity index is 870. The summed E-state index contributed by atoms with van der Waals surface area (Å²) in [6, 6.07) is 7.92. The lowest BCUT2D eigenvalue weighted by Gasteiger charge is -2.24. The third-order valence-electron chi connectivity index (χ3n) is 6.40. The van der Waals surface area contributed by atoms with Crippen LogP contribution in [0, 0.1) is 0 Å². The summed E-state index contributed by atoms with van der Waals surface area (Å²) < 4.78 is 29.1. The van der Waals surface area contributed by atoms with Crippen LogP contribution in [-0.2, 0) is 30.3 Å². The molecule has 1 aromatic rings. The average Bonchev–Trinajstić information content (AvgIpc) is 3.23. The standard InChI is InChI=1S/C32H48O6/c1-6-7-8-9-12-16-19-29-31(38-32(2,3)37-29)28(36-25-26-21-23-27(34-4)24-22-26)18-15-13-10-11-14-17-20-30(33)35-5/h10-12,15-16,18,21-24,28-29,31H,6-9,13-14,17,19-20,25H2,1-5H3/b11-10-,16-12-,18-15-/t28-,29+,31-/m0/s1. The van der Waals surface area contributed by atoms with Crippen molar-refractivity contribution in [2.75, 3.05) is 14.2 Å². The molecule has 0 amide bonds. The molecule has 1 heterocycles. The third-order valence-corrected chi connectivity index (χ3v) is 6.40. The first kappa shape index (κ1) is 31.8. The van der Waals surface area contributed by atoms with E-state index in [1.807, 2.05) is 38.1 Å². The van der Waals surface area contributed by atoms with E-state index < -0.39 is 5.79 Å². The number of allylic oxidation sites excluding steroid dienone is 4. The number of hydrogen-bond donors (Lipinski definition) is 0. The number of hydrogen-bond acceptors (Lipinski definition) is 6. The molecule has 0 bridgehead atoms. The Morgan fingerprint density at radius 3 is 2.42 bits per heavy atom. The van der Waals surface area contributed by atoms with Gasteiger partial charge < -0.3 is 23.7 Å². The Morgan fingerprint density at radius 2 is 1.71 bits per heavy atom. The zero-order chi connectivity index (χ0) is 27.6. The summed E-state index contributed by atoms with van der Waals surface area (Å²) >= 11 is 0. The van der Waals surface area contributed by atoms with Gasteiger partial charge in [0.15, 0.2) is 5.79 Å². The number of esters is 1. The molecule has 212 valence electrons. The molecule has 0 aliphatic carbocycles. The Labute approximate surface area is 230 Å². The zero-order valence-electron chi connectivity index (χ0n) is 24.0. The number of rotatable bonds is 18. The van der Waals surface area contributed by atoms with Crippen molar-refractivity contribution in [3.63, 3.8) is 0 Å². The number of ether oxygens (including phenoxy) is 5. The van der Waals surface area contributed by atoms with Crippen molar-refractivity contribution in [1.29, 1.82) is 0 Å². The maximum atomic E-state index is 11.2. The Hall–Kier alpha value is -2.41. The van der Waals surface area contributed by atoms with Crippen LogP contribution < -0.4 is 4.74 Å². The highest BCUT2D eigenvalue weighted by molar-refractivity contribution is 5.69. The highest BCUT2D eigenvalue weighted by Crippen LogP contribution is 2.34. The third kappa shape index (κ3) is 12.4. The van der Waals surface area contributed by atoms with Crippen LogP contribution in [0.1, 0.15) is 84.1 Å². The monoisotopic (exact) mass is 528 g/mol. The molecular weight excluding hydrogens is 480 g/mol. The highest BCUT2D eigenvalue weighted by atomic mass is 16.8. The largest absolute Gasteiger partial charge is 0.497 e. The van der Waals surface area contributed by atoms with Gasteiger partial charge in [0.25, 0.3) is 0 Å². The van der Waals surface area contributed by atoms with Gasteiger partial charge in [-0.1, -0.05) is 68.4 Å². The summed E-state index contributed by atoms with van der Waals surface area (Å²) in [6.07, 6.45) is 20.8. The maximum absolute atomic E-state index is 11.2. The van der Waals surface area contributed by atoms with Gasteiger partial charge in [0.1, 0.15) is 18.0 Å². The van der Waals surface area contributed by atoms with Gasteiger partial charge in [-0.3, -0.25) is 4.79 Å². The van der Waals surface area contributed by atoms with Gasteiger partial charge in [0.05, 0.1) is 26.9 Å². The quantitative estimate of drug-likeness (QED) is 0.112. The van der Waals surface area contributed by atoms with Crippen molar-refractivity contribution in [3.05, 3.63) is 66.3 Å². The molecule has 0 radical (unpaired) electrons. The molecule has 6 nitrogen and oxygen atoms in total. The first-order valence-electron chi connectivity index (χ1n) is 14.0. The van der Waals surface area contributed by atoms with E-state index in [1.54, 1.807) is 7.11 Å². The minimum atomic E-state index is -0.666. The van der Waals surface area contributed by atoms with Crippen LogP contribution in [0.15, 0.2) is 60.7 Å². The lowest BCUT2D eigenvalue weighted by molar-refractivity contribution is -0.156. The Morgan fingerprint density at radius 1 is 0.974 bits per heavy atom.